The fourth-order valence-electron chi connectivity index (χ4n) is 4.32. The maximum absolute atomic E-state index is 13.7. The molecule has 36 heavy (non-hydrogen) atoms. The summed E-state index contributed by atoms with van der Waals surface area (Å²) in [6.45, 7) is 4.83. The Morgan fingerprint density at radius 3 is 2.06 bits per heavy atom. The molecule has 7 N–H and O–H groups in total. The number of carbonyl (C=O) groups is 3. The number of rotatable bonds is 10. The summed E-state index contributed by atoms with van der Waals surface area (Å²) in [6, 6.07) is 15.6. The third-order valence-corrected chi connectivity index (χ3v) is 6.37. The largest absolute Gasteiger partial charge is 0.361 e. The number of para-hydroxylation sites is 2. The first kappa shape index (κ1) is 25.0. The Bertz CT molecular complexity index is 1400. The molecule has 0 aliphatic rings. The summed E-state index contributed by atoms with van der Waals surface area (Å²) in [6.07, 6.45) is 4.13. The van der Waals surface area contributed by atoms with Crippen LogP contribution in [0.2, 0.25) is 0 Å². The fourth-order valence-corrected chi connectivity index (χ4v) is 4.32. The van der Waals surface area contributed by atoms with Gasteiger partial charge in [0.25, 0.3) is 0 Å². The van der Waals surface area contributed by atoms with Gasteiger partial charge in [0, 0.05) is 47.0 Å². The maximum atomic E-state index is 13.7. The second-order valence-electron chi connectivity index (χ2n) is 9.92. The Balaban J connectivity index is 1.62. The molecule has 2 heterocycles. The molecule has 0 unspecified atom stereocenters. The van der Waals surface area contributed by atoms with E-state index in [2.05, 4.69) is 25.9 Å². The number of H-pyrrole nitrogens is 2. The average Bonchev–Trinajstić information content (AvgIpc) is 3.43. The van der Waals surface area contributed by atoms with E-state index in [4.69, 9.17) is 5.73 Å². The first-order valence-electron chi connectivity index (χ1n) is 11.8. The van der Waals surface area contributed by atoms with E-state index in [1.807, 2.05) is 60.9 Å². The molecule has 0 bridgehead atoms. The summed E-state index contributed by atoms with van der Waals surface area (Å²) in [5.41, 5.74) is 7.20. The zero-order valence-electron chi connectivity index (χ0n) is 20.6. The highest BCUT2D eigenvalue weighted by Crippen LogP contribution is 2.24. The van der Waals surface area contributed by atoms with Crippen molar-refractivity contribution in [3.8, 4) is 0 Å². The van der Waals surface area contributed by atoms with Crippen LogP contribution in [0.5, 0.6) is 0 Å². The normalized spacial score (nSPS) is 14.2. The number of nitrogens with one attached hydrogen (secondary N) is 5. The molecule has 2 atom stereocenters. The van der Waals surface area contributed by atoms with Gasteiger partial charge in [-0.1, -0.05) is 36.4 Å². The van der Waals surface area contributed by atoms with Crippen LogP contribution in [0.25, 0.3) is 21.8 Å². The van der Waals surface area contributed by atoms with Crippen molar-refractivity contribution >= 4 is 40.0 Å². The summed E-state index contributed by atoms with van der Waals surface area (Å²) in [5, 5.41) is 10.4. The fraction of sp³-hybridized carbons (Fsp3) is 0.296. The molecule has 2 aromatic carbocycles. The van der Waals surface area contributed by atoms with Gasteiger partial charge in [-0.25, -0.2) is 0 Å². The molecule has 0 aliphatic carbocycles. The lowest BCUT2D eigenvalue weighted by atomic mass is 9.89. The number of hydrogen-bond acceptors (Lipinski definition) is 4. The van der Waals surface area contributed by atoms with E-state index in [0.29, 0.717) is 12.8 Å². The van der Waals surface area contributed by atoms with Crippen LogP contribution in [-0.2, 0) is 27.2 Å². The van der Waals surface area contributed by atoms with Gasteiger partial charge in [0.05, 0.1) is 5.54 Å². The average molecular weight is 489 g/mol. The molecule has 3 amide bonds. The van der Waals surface area contributed by atoms with Crippen molar-refractivity contribution in [2.45, 2.75) is 50.9 Å². The van der Waals surface area contributed by atoms with Gasteiger partial charge < -0.3 is 31.7 Å². The lowest BCUT2D eigenvalue weighted by Crippen LogP contribution is -2.65. The van der Waals surface area contributed by atoms with Crippen molar-refractivity contribution < 1.29 is 14.4 Å². The van der Waals surface area contributed by atoms with E-state index in [1.54, 1.807) is 20.8 Å². The SMILES string of the molecule is CC(C)(N)C(=O)N[C@](C)(Cc1c[nH]c2ccccc12)C(=O)N[C@@H](Cc1c[nH]c2ccccc12)NC=O. The van der Waals surface area contributed by atoms with Crippen LogP contribution in [0.15, 0.2) is 60.9 Å². The van der Waals surface area contributed by atoms with Crippen molar-refractivity contribution in [1.82, 2.24) is 25.9 Å². The van der Waals surface area contributed by atoms with Gasteiger partial charge in [0.15, 0.2) is 0 Å². The predicted molar refractivity (Wildman–Crippen MR) is 140 cm³/mol. The summed E-state index contributed by atoms with van der Waals surface area (Å²) < 4.78 is 0. The minimum absolute atomic E-state index is 0.214. The summed E-state index contributed by atoms with van der Waals surface area (Å²) in [7, 11) is 0. The lowest BCUT2D eigenvalue weighted by Gasteiger charge is -2.34. The Kier molecular flexibility index (Phi) is 6.85. The molecule has 4 rings (SSSR count). The summed E-state index contributed by atoms with van der Waals surface area (Å²) >= 11 is 0. The molecule has 9 heteroatoms. The van der Waals surface area contributed by atoms with Crippen LogP contribution >= 0.6 is 0 Å². The van der Waals surface area contributed by atoms with Gasteiger partial charge in [-0.05, 0) is 44.0 Å². The van der Waals surface area contributed by atoms with Gasteiger partial charge >= 0.3 is 0 Å². The van der Waals surface area contributed by atoms with E-state index in [-0.39, 0.29) is 6.42 Å². The van der Waals surface area contributed by atoms with Crippen LogP contribution in [0.4, 0.5) is 0 Å². The smallest absolute Gasteiger partial charge is 0.247 e. The van der Waals surface area contributed by atoms with Crippen LogP contribution in [0.3, 0.4) is 0 Å². The molecule has 0 aliphatic heterocycles. The minimum atomic E-state index is -1.35. The summed E-state index contributed by atoms with van der Waals surface area (Å²) in [5.74, 6) is -0.902. The zero-order chi connectivity index (χ0) is 25.9. The molecule has 0 radical (unpaired) electrons. The Morgan fingerprint density at radius 1 is 0.917 bits per heavy atom. The van der Waals surface area contributed by atoms with Crippen LogP contribution in [-0.4, -0.2) is 45.4 Å². The zero-order valence-corrected chi connectivity index (χ0v) is 20.6. The molecular weight excluding hydrogens is 456 g/mol. The Hall–Kier alpha value is -4.11. The van der Waals surface area contributed by atoms with Gasteiger partial charge in [-0.3, -0.25) is 14.4 Å². The van der Waals surface area contributed by atoms with Crippen LogP contribution < -0.4 is 21.7 Å². The topological polar surface area (TPSA) is 145 Å². The van der Waals surface area contributed by atoms with Crippen molar-refractivity contribution in [2.24, 2.45) is 5.73 Å². The monoisotopic (exact) mass is 488 g/mol. The third-order valence-electron chi connectivity index (χ3n) is 6.37. The number of aromatic nitrogens is 2. The minimum Gasteiger partial charge on any atom is -0.361 e. The quantitative estimate of drug-likeness (QED) is 0.150. The van der Waals surface area contributed by atoms with Crippen molar-refractivity contribution in [3.05, 3.63) is 72.1 Å². The lowest BCUT2D eigenvalue weighted by molar-refractivity contribution is -0.135. The van der Waals surface area contributed by atoms with E-state index in [9.17, 15) is 14.4 Å². The number of amides is 3. The number of hydrogen-bond donors (Lipinski definition) is 6. The highest BCUT2D eigenvalue weighted by atomic mass is 16.2. The molecular formula is C27H32N6O3. The second-order valence-corrected chi connectivity index (χ2v) is 9.92. The Morgan fingerprint density at radius 2 is 1.47 bits per heavy atom. The predicted octanol–water partition coefficient (Wildman–Crippen LogP) is 2.23. The Labute approximate surface area is 209 Å². The van der Waals surface area contributed by atoms with Gasteiger partial charge in [-0.15, -0.1) is 0 Å². The van der Waals surface area contributed by atoms with Gasteiger partial charge in [0.2, 0.25) is 18.2 Å². The highest BCUT2D eigenvalue weighted by Gasteiger charge is 2.39. The molecule has 0 fully saturated rings. The van der Waals surface area contributed by atoms with E-state index in [1.165, 1.54) is 0 Å². The van der Waals surface area contributed by atoms with Gasteiger partial charge in [0.1, 0.15) is 11.7 Å². The first-order chi connectivity index (χ1) is 17.1. The molecule has 188 valence electrons. The third kappa shape index (κ3) is 5.26. The highest BCUT2D eigenvalue weighted by molar-refractivity contribution is 5.95. The maximum Gasteiger partial charge on any atom is 0.247 e. The first-order valence-corrected chi connectivity index (χ1v) is 11.8. The number of aromatic amines is 2. The molecule has 4 aromatic rings. The van der Waals surface area contributed by atoms with Crippen molar-refractivity contribution in [3.63, 3.8) is 0 Å². The number of benzene rings is 2. The van der Waals surface area contributed by atoms with Crippen molar-refractivity contribution in [2.75, 3.05) is 0 Å². The van der Waals surface area contributed by atoms with Crippen LogP contribution in [0.1, 0.15) is 31.9 Å². The summed E-state index contributed by atoms with van der Waals surface area (Å²) in [4.78, 5) is 44.4. The standard InChI is InChI=1S/C27H32N6O3/c1-26(2,28)24(35)33-27(3,13-18-15-30-22-11-7-5-9-20(18)22)25(36)32-23(31-16-34)12-17-14-29-21-10-6-4-8-19(17)21/h4-11,14-16,23,29-30H,12-13,28H2,1-3H3,(H,31,34)(H,32,36)(H,33,35)/t23-,27+/m0/s1. The van der Waals surface area contributed by atoms with Crippen molar-refractivity contribution in [1.29, 1.82) is 0 Å². The molecule has 2 aromatic heterocycles. The molecule has 9 nitrogen and oxygen atoms in total. The van der Waals surface area contributed by atoms with Crippen LogP contribution in [0, 0.1) is 0 Å². The van der Waals surface area contributed by atoms with E-state index >= 15 is 0 Å². The number of nitrogens with two attached hydrogens (primary N) is 1. The van der Waals surface area contributed by atoms with Gasteiger partial charge in [-0.2, -0.15) is 0 Å². The number of fused-ring (bicyclic) bond motifs is 2. The van der Waals surface area contributed by atoms with E-state index in [0.717, 1.165) is 32.9 Å². The number of carbonyl (C=O) groups excluding carboxylic acids is 3. The van der Waals surface area contributed by atoms with E-state index < -0.39 is 29.1 Å². The second kappa shape index (κ2) is 9.87. The molecule has 0 saturated carbocycles. The molecule has 0 spiro atoms. The molecule has 0 saturated heterocycles.